The number of hydrogen-bond donors (Lipinski definition) is 1. The maximum atomic E-state index is 13.0. The van der Waals surface area contributed by atoms with E-state index in [9.17, 15) is 18.0 Å². The third-order valence-electron chi connectivity index (χ3n) is 4.63. The van der Waals surface area contributed by atoms with Crippen LogP contribution in [0.2, 0.25) is 5.02 Å². The van der Waals surface area contributed by atoms with Crippen molar-refractivity contribution in [3.05, 3.63) is 63.1 Å². The number of amides is 2. The summed E-state index contributed by atoms with van der Waals surface area (Å²) in [5.41, 5.74) is 0.153. The van der Waals surface area contributed by atoms with Crippen LogP contribution in [0.1, 0.15) is 18.1 Å². The molecule has 1 aliphatic heterocycles. The SMILES string of the molecule is CSCC1(C)CN(C(=O)Nc2ccc(Br)cc2)N=C1c1ccc(C(F)(F)F)c(Cl)c1. The molecule has 0 aliphatic carbocycles. The number of benzene rings is 2. The van der Waals surface area contributed by atoms with E-state index < -0.39 is 28.2 Å². The number of anilines is 1. The second-order valence-electron chi connectivity index (χ2n) is 7.13. The molecule has 0 aromatic heterocycles. The number of urea groups is 1. The number of nitrogens with one attached hydrogen (secondary N) is 1. The predicted molar refractivity (Wildman–Crippen MR) is 119 cm³/mol. The van der Waals surface area contributed by atoms with Crippen LogP contribution in [0.5, 0.6) is 0 Å². The van der Waals surface area contributed by atoms with E-state index in [2.05, 4.69) is 26.3 Å². The average molecular weight is 521 g/mol. The van der Waals surface area contributed by atoms with E-state index in [0.29, 0.717) is 29.3 Å². The Kier molecular flexibility index (Phi) is 6.74. The van der Waals surface area contributed by atoms with Crippen LogP contribution < -0.4 is 5.32 Å². The lowest BCUT2D eigenvalue weighted by Gasteiger charge is -2.25. The number of halogens is 5. The Hall–Kier alpha value is -1.71. The Labute approximate surface area is 190 Å². The maximum Gasteiger partial charge on any atom is 0.417 e. The minimum Gasteiger partial charge on any atom is -0.306 e. The number of carbonyl (C=O) groups is 1. The minimum atomic E-state index is -4.54. The monoisotopic (exact) mass is 519 g/mol. The summed E-state index contributed by atoms with van der Waals surface area (Å²) in [6.45, 7) is 2.23. The first-order chi connectivity index (χ1) is 14.0. The van der Waals surface area contributed by atoms with Crippen LogP contribution in [0.25, 0.3) is 0 Å². The lowest BCUT2D eigenvalue weighted by molar-refractivity contribution is -0.137. The highest BCUT2D eigenvalue weighted by molar-refractivity contribution is 9.10. The Balaban J connectivity index is 1.91. The van der Waals surface area contributed by atoms with Crippen molar-refractivity contribution in [3.8, 4) is 0 Å². The van der Waals surface area contributed by atoms with Crippen molar-refractivity contribution in [2.45, 2.75) is 13.1 Å². The van der Waals surface area contributed by atoms with Crippen LogP contribution in [0.3, 0.4) is 0 Å². The lowest BCUT2D eigenvalue weighted by atomic mass is 9.84. The first-order valence-electron chi connectivity index (χ1n) is 8.83. The normalized spacial score (nSPS) is 19.0. The van der Waals surface area contributed by atoms with Crippen molar-refractivity contribution in [2.24, 2.45) is 10.5 Å². The quantitative estimate of drug-likeness (QED) is 0.485. The topological polar surface area (TPSA) is 44.7 Å². The molecule has 4 nitrogen and oxygen atoms in total. The van der Waals surface area contributed by atoms with Crippen LogP contribution in [0.4, 0.5) is 23.7 Å². The van der Waals surface area contributed by atoms with Gasteiger partial charge in [-0.2, -0.15) is 30.0 Å². The zero-order chi connectivity index (χ0) is 22.1. The van der Waals surface area contributed by atoms with Gasteiger partial charge in [0, 0.05) is 21.3 Å². The molecule has 0 fully saturated rings. The molecule has 0 radical (unpaired) electrons. The van der Waals surface area contributed by atoms with Gasteiger partial charge in [0.1, 0.15) is 0 Å². The van der Waals surface area contributed by atoms with Crippen molar-refractivity contribution in [1.29, 1.82) is 0 Å². The fraction of sp³-hybridized carbons (Fsp3) is 0.300. The Bertz CT molecular complexity index is 984. The molecule has 0 saturated heterocycles. The molecule has 2 aromatic rings. The number of thioether (sulfide) groups is 1. The van der Waals surface area contributed by atoms with Gasteiger partial charge in [-0.15, -0.1) is 0 Å². The molecule has 30 heavy (non-hydrogen) atoms. The second-order valence-corrected chi connectivity index (χ2v) is 9.32. The van der Waals surface area contributed by atoms with Gasteiger partial charge in [-0.3, -0.25) is 0 Å². The first kappa shape index (κ1) is 23.0. The summed E-state index contributed by atoms with van der Waals surface area (Å²) in [5, 5.41) is 8.14. The van der Waals surface area contributed by atoms with Gasteiger partial charge >= 0.3 is 12.2 Å². The van der Waals surface area contributed by atoms with Gasteiger partial charge in [-0.05, 0) is 48.2 Å². The molecule has 1 unspecified atom stereocenters. The summed E-state index contributed by atoms with van der Waals surface area (Å²) in [6, 6.07) is 10.2. The zero-order valence-corrected chi connectivity index (χ0v) is 19.2. The zero-order valence-electron chi connectivity index (χ0n) is 16.1. The third-order valence-corrected chi connectivity index (χ3v) is 6.40. The van der Waals surface area contributed by atoms with E-state index in [1.54, 1.807) is 36.0 Å². The van der Waals surface area contributed by atoms with Gasteiger partial charge in [0.15, 0.2) is 0 Å². The highest BCUT2D eigenvalue weighted by atomic mass is 79.9. The molecule has 1 aliphatic rings. The summed E-state index contributed by atoms with van der Waals surface area (Å²) < 4.78 is 40.0. The van der Waals surface area contributed by atoms with E-state index >= 15 is 0 Å². The number of hydrogen-bond acceptors (Lipinski definition) is 3. The number of carbonyl (C=O) groups excluding carboxylic acids is 1. The molecule has 1 heterocycles. The Morgan fingerprint density at radius 1 is 1.30 bits per heavy atom. The maximum absolute atomic E-state index is 13.0. The van der Waals surface area contributed by atoms with E-state index in [-0.39, 0.29) is 0 Å². The van der Waals surface area contributed by atoms with Crippen LogP contribution in [-0.4, -0.2) is 35.3 Å². The van der Waals surface area contributed by atoms with Crippen molar-refractivity contribution in [2.75, 3.05) is 23.9 Å². The van der Waals surface area contributed by atoms with E-state index in [0.717, 1.165) is 10.5 Å². The number of alkyl halides is 3. The van der Waals surface area contributed by atoms with Crippen LogP contribution in [0, 0.1) is 5.41 Å². The molecule has 0 saturated carbocycles. The van der Waals surface area contributed by atoms with Crippen LogP contribution in [0.15, 0.2) is 52.0 Å². The third kappa shape index (κ3) is 4.95. The minimum absolute atomic E-state index is 0.296. The lowest BCUT2D eigenvalue weighted by Crippen LogP contribution is -2.37. The summed E-state index contributed by atoms with van der Waals surface area (Å²) in [4.78, 5) is 12.7. The Morgan fingerprint density at radius 3 is 2.53 bits per heavy atom. The second kappa shape index (κ2) is 8.80. The molecule has 160 valence electrons. The molecule has 3 rings (SSSR count). The van der Waals surface area contributed by atoms with E-state index in [1.807, 2.05) is 13.2 Å². The molecule has 0 spiro atoms. The molecule has 10 heteroatoms. The van der Waals surface area contributed by atoms with Gasteiger partial charge in [0.05, 0.1) is 22.8 Å². The molecule has 2 aromatic carbocycles. The molecule has 0 bridgehead atoms. The number of nitrogens with zero attached hydrogens (tertiary/aromatic N) is 2. The van der Waals surface area contributed by atoms with Crippen molar-refractivity contribution < 1.29 is 18.0 Å². The highest BCUT2D eigenvalue weighted by Gasteiger charge is 2.42. The molecular formula is C20H18BrClF3N3OS. The summed E-state index contributed by atoms with van der Waals surface area (Å²) >= 11 is 10.8. The van der Waals surface area contributed by atoms with Gasteiger partial charge < -0.3 is 5.32 Å². The largest absolute Gasteiger partial charge is 0.417 e. The highest BCUT2D eigenvalue weighted by Crippen LogP contribution is 2.38. The van der Waals surface area contributed by atoms with Crippen molar-refractivity contribution >= 4 is 56.7 Å². The number of rotatable bonds is 4. The molecule has 1 N–H and O–H groups in total. The fourth-order valence-corrected chi connectivity index (χ4v) is 4.67. The van der Waals surface area contributed by atoms with Gasteiger partial charge in [-0.1, -0.05) is 40.5 Å². The van der Waals surface area contributed by atoms with Gasteiger partial charge in [-0.25, -0.2) is 9.80 Å². The van der Waals surface area contributed by atoms with Gasteiger partial charge in [0.2, 0.25) is 0 Å². The summed E-state index contributed by atoms with van der Waals surface area (Å²) in [6.07, 6.45) is -2.61. The summed E-state index contributed by atoms with van der Waals surface area (Å²) in [7, 11) is 0. The average Bonchev–Trinajstić information content (AvgIpc) is 3.00. The van der Waals surface area contributed by atoms with Crippen LogP contribution in [-0.2, 0) is 6.18 Å². The van der Waals surface area contributed by atoms with E-state index in [1.165, 1.54) is 17.1 Å². The van der Waals surface area contributed by atoms with E-state index in [4.69, 9.17) is 11.6 Å². The molecule has 2 amide bonds. The standard InChI is InChI=1S/C20H18BrClF3N3OS/c1-19(11-30-2)10-28(18(29)26-14-6-4-13(21)5-7-14)27-17(19)12-3-8-15(16(22)9-12)20(23,24)25/h3-9H,10-11H2,1-2H3,(H,26,29). The van der Waals surface area contributed by atoms with Crippen LogP contribution >= 0.6 is 39.3 Å². The number of hydrazone groups is 1. The van der Waals surface area contributed by atoms with Crippen molar-refractivity contribution in [1.82, 2.24) is 5.01 Å². The van der Waals surface area contributed by atoms with Gasteiger partial charge in [0.25, 0.3) is 0 Å². The molecule has 1 atom stereocenters. The Morgan fingerprint density at radius 2 is 1.97 bits per heavy atom. The summed E-state index contributed by atoms with van der Waals surface area (Å²) in [5.74, 6) is 0.631. The fourth-order valence-electron chi connectivity index (χ4n) is 3.25. The predicted octanol–water partition coefficient (Wildman–Crippen LogP) is 6.74. The molecular weight excluding hydrogens is 503 g/mol. The first-order valence-corrected chi connectivity index (χ1v) is 11.4. The smallest absolute Gasteiger partial charge is 0.306 e. The van der Waals surface area contributed by atoms with Crippen molar-refractivity contribution in [3.63, 3.8) is 0 Å².